The highest BCUT2D eigenvalue weighted by Gasteiger charge is 2.27. The minimum absolute atomic E-state index is 0. The maximum absolute atomic E-state index is 11.8. The van der Waals surface area contributed by atoms with Crippen LogP contribution in [0.15, 0.2) is 18.2 Å². The van der Waals surface area contributed by atoms with Crippen LogP contribution in [0.2, 0.25) is 0 Å². The summed E-state index contributed by atoms with van der Waals surface area (Å²) < 4.78 is 26.2. The predicted molar refractivity (Wildman–Crippen MR) is 77.6 cm³/mol. The molecule has 1 aliphatic carbocycles. The van der Waals surface area contributed by atoms with Crippen LogP contribution < -0.4 is 10.0 Å². The van der Waals surface area contributed by atoms with Crippen molar-refractivity contribution in [1.29, 1.82) is 0 Å². The van der Waals surface area contributed by atoms with E-state index in [0.717, 1.165) is 31.5 Å². The molecule has 6 heteroatoms. The molecule has 1 heterocycles. The van der Waals surface area contributed by atoms with Gasteiger partial charge in [-0.1, -0.05) is 18.2 Å². The van der Waals surface area contributed by atoms with Crippen molar-refractivity contribution in [2.45, 2.75) is 32.5 Å². The Bertz CT molecular complexity index is 556. The standard InChI is InChI=1S/C13H18N2O2S.ClH/c16-18(17,9-10-1-2-10)15-6-11-3-4-12-7-14-8-13(12)5-11;/h3-5,10,14-15H,1-2,6-9H2;1H. The SMILES string of the molecule is Cl.O=S(=O)(CC1CC1)NCc1ccc2c(c1)CNC2. The molecule has 0 amide bonds. The zero-order valence-electron chi connectivity index (χ0n) is 10.7. The van der Waals surface area contributed by atoms with Gasteiger partial charge in [-0.2, -0.15) is 0 Å². The van der Waals surface area contributed by atoms with Crippen molar-refractivity contribution in [2.75, 3.05) is 5.75 Å². The Kier molecular flexibility index (Phi) is 4.50. The molecule has 0 spiro atoms. The number of hydrogen-bond acceptors (Lipinski definition) is 3. The number of halogens is 1. The topological polar surface area (TPSA) is 58.2 Å². The molecular formula is C13H19ClN2O2S. The molecule has 1 aromatic carbocycles. The van der Waals surface area contributed by atoms with E-state index >= 15 is 0 Å². The van der Waals surface area contributed by atoms with E-state index in [-0.39, 0.29) is 12.4 Å². The van der Waals surface area contributed by atoms with Crippen LogP contribution in [0.1, 0.15) is 29.5 Å². The molecule has 0 bridgehead atoms. The summed E-state index contributed by atoms with van der Waals surface area (Å²) in [5.41, 5.74) is 3.64. The zero-order valence-corrected chi connectivity index (χ0v) is 12.3. The summed E-state index contributed by atoms with van der Waals surface area (Å²) in [5, 5.41) is 3.28. The summed E-state index contributed by atoms with van der Waals surface area (Å²) in [7, 11) is -3.10. The third-order valence-electron chi connectivity index (χ3n) is 3.55. The summed E-state index contributed by atoms with van der Waals surface area (Å²) >= 11 is 0. The third-order valence-corrected chi connectivity index (χ3v) is 5.04. The van der Waals surface area contributed by atoms with E-state index in [9.17, 15) is 8.42 Å². The molecule has 1 aromatic rings. The molecule has 0 saturated heterocycles. The van der Waals surface area contributed by atoms with Gasteiger partial charge in [-0.25, -0.2) is 13.1 Å². The third kappa shape index (κ3) is 3.92. The Morgan fingerprint density at radius 1 is 1.21 bits per heavy atom. The zero-order chi connectivity index (χ0) is 12.6. The molecular weight excluding hydrogens is 284 g/mol. The maximum atomic E-state index is 11.8. The van der Waals surface area contributed by atoms with Gasteiger partial charge in [0.2, 0.25) is 10.0 Å². The second-order valence-electron chi connectivity index (χ2n) is 5.25. The summed E-state index contributed by atoms with van der Waals surface area (Å²) in [5.74, 6) is 0.686. The first-order valence-corrected chi connectivity index (χ1v) is 8.06. The van der Waals surface area contributed by atoms with Crippen molar-refractivity contribution >= 4 is 22.4 Å². The van der Waals surface area contributed by atoms with Gasteiger partial charge in [0.1, 0.15) is 0 Å². The van der Waals surface area contributed by atoms with Gasteiger partial charge in [-0.05, 0) is 35.4 Å². The number of hydrogen-bond donors (Lipinski definition) is 2. The Balaban J connectivity index is 0.00000133. The Hall–Kier alpha value is -0.620. The quantitative estimate of drug-likeness (QED) is 0.867. The van der Waals surface area contributed by atoms with E-state index in [1.807, 2.05) is 6.07 Å². The van der Waals surface area contributed by atoms with E-state index in [2.05, 4.69) is 22.2 Å². The van der Waals surface area contributed by atoms with Gasteiger partial charge in [-0.15, -0.1) is 12.4 Å². The first-order valence-electron chi connectivity index (χ1n) is 6.41. The minimum Gasteiger partial charge on any atom is -0.309 e. The Labute approximate surface area is 120 Å². The lowest BCUT2D eigenvalue weighted by Gasteiger charge is -2.07. The van der Waals surface area contributed by atoms with Crippen molar-refractivity contribution in [2.24, 2.45) is 5.92 Å². The molecule has 2 N–H and O–H groups in total. The van der Waals surface area contributed by atoms with Gasteiger partial charge in [0.25, 0.3) is 0 Å². The van der Waals surface area contributed by atoms with Crippen LogP contribution in [0, 0.1) is 5.92 Å². The molecule has 0 unspecified atom stereocenters. The molecule has 106 valence electrons. The van der Waals surface area contributed by atoms with Gasteiger partial charge in [0, 0.05) is 19.6 Å². The molecule has 3 rings (SSSR count). The summed E-state index contributed by atoms with van der Waals surface area (Å²) in [6.07, 6.45) is 2.12. The number of rotatable bonds is 5. The molecule has 19 heavy (non-hydrogen) atoms. The van der Waals surface area contributed by atoms with Crippen molar-refractivity contribution in [3.8, 4) is 0 Å². The van der Waals surface area contributed by atoms with E-state index in [1.54, 1.807) is 0 Å². The second-order valence-corrected chi connectivity index (χ2v) is 7.10. The highest BCUT2D eigenvalue weighted by atomic mass is 35.5. The first-order chi connectivity index (χ1) is 8.62. The largest absolute Gasteiger partial charge is 0.309 e. The van der Waals surface area contributed by atoms with E-state index in [1.165, 1.54) is 11.1 Å². The highest BCUT2D eigenvalue weighted by molar-refractivity contribution is 7.89. The van der Waals surface area contributed by atoms with Crippen LogP contribution >= 0.6 is 12.4 Å². The van der Waals surface area contributed by atoms with Crippen LogP contribution in [0.5, 0.6) is 0 Å². The van der Waals surface area contributed by atoms with E-state index in [4.69, 9.17) is 0 Å². The van der Waals surface area contributed by atoms with Crippen molar-refractivity contribution in [3.63, 3.8) is 0 Å². The number of nitrogens with one attached hydrogen (secondary N) is 2. The van der Waals surface area contributed by atoms with Crippen LogP contribution in [0.4, 0.5) is 0 Å². The second kappa shape index (κ2) is 5.79. The van der Waals surface area contributed by atoms with Gasteiger partial charge >= 0.3 is 0 Å². The van der Waals surface area contributed by atoms with E-state index in [0.29, 0.717) is 18.2 Å². The fraction of sp³-hybridized carbons (Fsp3) is 0.538. The van der Waals surface area contributed by atoms with Crippen LogP contribution in [0.3, 0.4) is 0 Å². The van der Waals surface area contributed by atoms with Crippen molar-refractivity contribution < 1.29 is 8.42 Å². The number of sulfonamides is 1. The molecule has 4 nitrogen and oxygen atoms in total. The monoisotopic (exact) mass is 302 g/mol. The van der Waals surface area contributed by atoms with Gasteiger partial charge in [0.05, 0.1) is 5.75 Å². The van der Waals surface area contributed by atoms with Crippen molar-refractivity contribution in [1.82, 2.24) is 10.0 Å². The lowest BCUT2D eigenvalue weighted by Crippen LogP contribution is -2.26. The van der Waals surface area contributed by atoms with Crippen LogP contribution in [-0.4, -0.2) is 14.2 Å². The molecule has 0 aromatic heterocycles. The fourth-order valence-corrected chi connectivity index (χ4v) is 3.76. The van der Waals surface area contributed by atoms with Crippen LogP contribution in [0.25, 0.3) is 0 Å². The van der Waals surface area contributed by atoms with Crippen molar-refractivity contribution in [3.05, 3.63) is 34.9 Å². The lowest BCUT2D eigenvalue weighted by atomic mass is 10.1. The number of fused-ring (bicyclic) bond motifs is 1. The summed E-state index contributed by atoms with van der Waals surface area (Å²) in [4.78, 5) is 0. The number of benzene rings is 1. The summed E-state index contributed by atoms with van der Waals surface area (Å²) in [6.45, 7) is 2.21. The first kappa shape index (κ1) is 14.8. The smallest absolute Gasteiger partial charge is 0.212 e. The van der Waals surface area contributed by atoms with E-state index < -0.39 is 10.0 Å². The molecule has 1 aliphatic heterocycles. The van der Waals surface area contributed by atoms with Crippen LogP contribution in [-0.2, 0) is 29.7 Å². The fourth-order valence-electron chi connectivity index (χ4n) is 2.31. The normalized spacial score (nSPS) is 17.9. The lowest BCUT2D eigenvalue weighted by molar-refractivity contribution is 0.577. The van der Waals surface area contributed by atoms with Gasteiger partial charge in [-0.3, -0.25) is 0 Å². The van der Waals surface area contributed by atoms with Gasteiger partial charge in [0.15, 0.2) is 0 Å². The average molecular weight is 303 g/mol. The minimum atomic E-state index is -3.10. The summed E-state index contributed by atoms with van der Waals surface area (Å²) in [6, 6.07) is 6.18. The average Bonchev–Trinajstić information content (AvgIpc) is 3.00. The Morgan fingerprint density at radius 3 is 2.68 bits per heavy atom. The molecule has 0 atom stereocenters. The molecule has 1 fully saturated rings. The molecule has 2 aliphatic rings. The molecule has 0 radical (unpaired) electrons. The maximum Gasteiger partial charge on any atom is 0.212 e. The van der Waals surface area contributed by atoms with Gasteiger partial charge < -0.3 is 5.32 Å². The Morgan fingerprint density at radius 2 is 1.95 bits per heavy atom. The predicted octanol–water partition coefficient (Wildman–Crippen LogP) is 1.54. The highest BCUT2D eigenvalue weighted by Crippen LogP contribution is 2.30. The molecule has 1 saturated carbocycles.